The first-order valence-corrected chi connectivity index (χ1v) is 6.61. The summed E-state index contributed by atoms with van der Waals surface area (Å²) in [5.41, 5.74) is 0. The molecule has 0 fully saturated rings. The van der Waals surface area contributed by atoms with Gasteiger partial charge in [-0.2, -0.15) is 10.5 Å². The monoisotopic (exact) mass is 250 g/mol. The average Bonchev–Trinajstić information content (AvgIpc) is 2.46. The Morgan fingerprint density at radius 2 is 1.11 bits per heavy atom. The summed E-state index contributed by atoms with van der Waals surface area (Å²) in [5, 5.41) is 18.2. The highest BCUT2D eigenvalue weighted by Gasteiger charge is 2.09. The van der Waals surface area contributed by atoms with Crippen molar-refractivity contribution in [1.82, 2.24) is 0 Å². The van der Waals surface area contributed by atoms with Gasteiger partial charge in [0, 0.05) is 9.79 Å². The Morgan fingerprint density at radius 1 is 0.722 bits per heavy atom. The first-order valence-electron chi connectivity index (χ1n) is 5.38. The Morgan fingerprint density at radius 3 is 1.44 bits per heavy atom. The average molecular weight is 250 g/mol. The first kappa shape index (κ1) is 12.1. The van der Waals surface area contributed by atoms with E-state index < -0.39 is 10.5 Å². The molecule has 0 atom stereocenters. The molecule has 0 N–H and O–H groups in total. The summed E-state index contributed by atoms with van der Waals surface area (Å²) < 4.78 is 0. The molecule has 18 heavy (non-hydrogen) atoms. The Hall–Kier alpha value is -2.36. The van der Waals surface area contributed by atoms with Crippen molar-refractivity contribution < 1.29 is 0 Å². The van der Waals surface area contributed by atoms with Crippen LogP contribution in [-0.2, 0) is 0 Å². The molecule has 2 aromatic rings. The summed E-state index contributed by atoms with van der Waals surface area (Å²) in [6, 6.07) is 23.4. The van der Waals surface area contributed by atoms with Crippen LogP contribution >= 0.6 is 10.5 Å². The molecule has 2 rings (SSSR count). The SMILES string of the molecule is N#CC(C#N)=S(c1ccccc1)c1ccccc1. The highest BCUT2D eigenvalue weighted by molar-refractivity contribution is 8.16. The minimum Gasteiger partial charge on any atom is -0.191 e. The van der Waals surface area contributed by atoms with Crippen molar-refractivity contribution in [3.05, 3.63) is 60.7 Å². The third kappa shape index (κ3) is 2.48. The fourth-order valence-electron chi connectivity index (χ4n) is 1.60. The first-order chi connectivity index (χ1) is 8.86. The zero-order chi connectivity index (χ0) is 12.8. The fourth-order valence-corrected chi connectivity index (χ4v) is 3.39. The molecule has 0 heterocycles. The lowest BCUT2D eigenvalue weighted by atomic mass is 10.4. The molecule has 0 aromatic heterocycles. The fraction of sp³-hybridized carbons (Fsp3) is 0. The molecular formula is C15H10N2S. The van der Waals surface area contributed by atoms with E-state index in [0.29, 0.717) is 0 Å². The van der Waals surface area contributed by atoms with Gasteiger partial charge in [-0.3, -0.25) is 0 Å². The molecule has 0 bridgehead atoms. The second-order valence-electron chi connectivity index (χ2n) is 3.49. The van der Waals surface area contributed by atoms with Crippen molar-refractivity contribution in [3.8, 4) is 12.1 Å². The minimum absolute atomic E-state index is 0.243. The normalized spacial score (nSPS) is 9.50. The summed E-state index contributed by atoms with van der Waals surface area (Å²) in [7, 11) is -0.595. The van der Waals surface area contributed by atoms with Gasteiger partial charge in [0.2, 0.25) is 0 Å². The molecule has 0 unspecified atom stereocenters. The van der Waals surface area contributed by atoms with Crippen molar-refractivity contribution in [2.45, 2.75) is 9.79 Å². The molecule has 0 aliphatic rings. The van der Waals surface area contributed by atoms with Crippen LogP contribution in [0.3, 0.4) is 0 Å². The van der Waals surface area contributed by atoms with Gasteiger partial charge >= 0.3 is 0 Å². The highest BCUT2D eigenvalue weighted by atomic mass is 32.2. The highest BCUT2D eigenvalue weighted by Crippen LogP contribution is 2.36. The molecule has 0 amide bonds. The molecule has 0 aliphatic heterocycles. The lowest BCUT2D eigenvalue weighted by Gasteiger charge is -2.09. The number of nitrogens with zero attached hydrogens (tertiary/aromatic N) is 2. The predicted octanol–water partition coefficient (Wildman–Crippen LogP) is 3.59. The van der Waals surface area contributed by atoms with Gasteiger partial charge in [-0.1, -0.05) is 46.9 Å². The van der Waals surface area contributed by atoms with Gasteiger partial charge in [0.25, 0.3) is 0 Å². The van der Waals surface area contributed by atoms with E-state index in [-0.39, 0.29) is 4.86 Å². The van der Waals surface area contributed by atoms with E-state index in [4.69, 9.17) is 10.5 Å². The van der Waals surface area contributed by atoms with Crippen LogP contribution in [0.2, 0.25) is 0 Å². The lowest BCUT2D eigenvalue weighted by Crippen LogP contribution is -1.92. The van der Waals surface area contributed by atoms with Crippen molar-refractivity contribution in [1.29, 1.82) is 10.5 Å². The van der Waals surface area contributed by atoms with Crippen LogP contribution in [0, 0.1) is 22.7 Å². The number of hydrogen-bond donors (Lipinski definition) is 0. The quantitative estimate of drug-likeness (QED) is 0.765. The van der Waals surface area contributed by atoms with Gasteiger partial charge in [-0.15, -0.1) is 0 Å². The van der Waals surface area contributed by atoms with Gasteiger partial charge in [0.1, 0.15) is 12.1 Å². The van der Waals surface area contributed by atoms with Crippen molar-refractivity contribution in [2.24, 2.45) is 0 Å². The maximum Gasteiger partial charge on any atom is 0.162 e. The van der Waals surface area contributed by atoms with Crippen LogP contribution in [0.25, 0.3) is 0 Å². The molecule has 0 spiro atoms. The summed E-state index contributed by atoms with van der Waals surface area (Å²) >= 11 is 0. The van der Waals surface area contributed by atoms with E-state index in [2.05, 4.69) is 0 Å². The molecule has 0 saturated carbocycles. The summed E-state index contributed by atoms with van der Waals surface area (Å²) in [4.78, 5) is 2.22. The van der Waals surface area contributed by atoms with E-state index in [1.165, 1.54) is 0 Å². The maximum absolute atomic E-state index is 9.12. The number of rotatable bonds is 2. The smallest absolute Gasteiger partial charge is 0.162 e. The zero-order valence-corrected chi connectivity index (χ0v) is 10.4. The summed E-state index contributed by atoms with van der Waals surface area (Å²) in [5.74, 6) is 0. The Labute approximate surface area is 109 Å². The molecular weight excluding hydrogens is 240 g/mol. The van der Waals surface area contributed by atoms with Gasteiger partial charge in [0.15, 0.2) is 4.86 Å². The van der Waals surface area contributed by atoms with Crippen LogP contribution < -0.4 is 0 Å². The summed E-state index contributed by atoms with van der Waals surface area (Å²) in [6.45, 7) is 0. The van der Waals surface area contributed by atoms with Crippen LogP contribution in [0.15, 0.2) is 70.5 Å². The van der Waals surface area contributed by atoms with Crippen molar-refractivity contribution in [2.75, 3.05) is 0 Å². The number of hydrogen-bond acceptors (Lipinski definition) is 2. The van der Waals surface area contributed by atoms with E-state index in [0.717, 1.165) is 9.79 Å². The molecule has 0 saturated heterocycles. The topological polar surface area (TPSA) is 47.6 Å². The van der Waals surface area contributed by atoms with Gasteiger partial charge in [0.05, 0.1) is 0 Å². The van der Waals surface area contributed by atoms with E-state index >= 15 is 0 Å². The molecule has 2 nitrogen and oxygen atoms in total. The van der Waals surface area contributed by atoms with Gasteiger partial charge < -0.3 is 0 Å². The second-order valence-corrected chi connectivity index (χ2v) is 5.45. The largest absolute Gasteiger partial charge is 0.191 e. The minimum atomic E-state index is -0.595. The summed E-state index contributed by atoms with van der Waals surface area (Å²) in [6.07, 6.45) is 0. The van der Waals surface area contributed by atoms with Crippen molar-refractivity contribution >= 4 is 15.3 Å². The Bertz CT molecular complexity index is 589. The van der Waals surface area contributed by atoms with Crippen LogP contribution in [0.4, 0.5) is 0 Å². The second kappa shape index (κ2) is 5.82. The molecule has 3 heteroatoms. The van der Waals surface area contributed by atoms with Gasteiger partial charge in [-0.25, -0.2) is 0 Å². The van der Waals surface area contributed by atoms with E-state index in [9.17, 15) is 0 Å². The predicted molar refractivity (Wildman–Crippen MR) is 73.2 cm³/mol. The number of nitriles is 2. The van der Waals surface area contributed by atoms with Crippen LogP contribution in [0.5, 0.6) is 0 Å². The Balaban J connectivity index is 2.69. The maximum atomic E-state index is 9.12. The molecule has 86 valence electrons. The number of benzene rings is 2. The standard InChI is InChI=1S/C15H10N2S/c16-11-15(12-17)18(13-7-3-1-4-8-13)14-9-5-2-6-10-14/h1-10H. The molecule has 0 radical (unpaired) electrons. The van der Waals surface area contributed by atoms with Gasteiger partial charge in [-0.05, 0) is 24.3 Å². The lowest BCUT2D eigenvalue weighted by molar-refractivity contribution is 1.40. The van der Waals surface area contributed by atoms with Crippen LogP contribution in [-0.4, -0.2) is 4.86 Å². The third-order valence-electron chi connectivity index (χ3n) is 2.37. The molecule has 0 aliphatic carbocycles. The van der Waals surface area contributed by atoms with E-state index in [1.54, 1.807) is 0 Å². The Kier molecular flexibility index (Phi) is 3.91. The van der Waals surface area contributed by atoms with Crippen molar-refractivity contribution in [3.63, 3.8) is 0 Å². The zero-order valence-electron chi connectivity index (χ0n) is 9.58. The van der Waals surface area contributed by atoms with Crippen LogP contribution in [0.1, 0.15) is 0 Å². The van der Waals surface area contributed by atoms with E-state index in [1.807, 2.05) is 72.8 Å². The third-order valence-corrected chi connectivity index (χ3v) is 4.44. The molecule has 2 aromatic carbocycles.